The molecule has 0 bridgehead atoms. The molecule has 0 N–H and O–H groups in total. The summed E-state index contributed by atoms with van der Waals surface area (Å²) in [5.74, 6) is 0. The van der Waals surface area contributed by atoms with Crippen LogP contribution in [0.5, 0.6) is 0 Å². The van der Waals surface area contributed by atoms with Gasteiger partial charge in [-0.05, 0) is 97.4 Å². The van der Waals surface area contributed by atoms with Crippen molar-refractivity contribution >= 4 is 43.4 Å². The zero-order valence-corrected chi connectivity index (χ0v) is 31.3. The smallest absolute Gasteiger partial charge is 0.0972 e. The fraction of sp³-hybridized carbons (Fsp3) is 0. The van der Waals surface area contributed by atoms with E-state index in [9.17, 15) is 0 Å². The van der Waals surface area contributed by atoms with Crippen molar-refractivity contribution in [3.8, 4) is 78.4 Å². The second-order valence-corrected chi connectivity index (χ2v) is 15.1. The summed E-state index contributed by atoms with van der Waals surface area (Å²) in [5, 5.41) is 16.4. The predicted octanol–water partition coefficient (Wildman–Crippen LogP) is 13.9. The maximum absolute atomic E-state index is 5.29. The number of fused-ring (bicyclic) bond motifs is 7. The van der Waals surface area contributed by atoms with Crippen LogP contribution in [0.15, 0.2) is 194 Å². The number of hydrogen-bond acceptors (Lipinski definition) is 4. The van der Waals surface area contributed by atoms with Crippen LogP contribution in [-0.2, 0) is 0 Å². The summed E-state index contributed by atoms with van der Waals surface area (Å²) in [6, 6.07) is 68.8. The third kappa shape index (κ3) is 5.23. The molecule has 0 saturated carbocycles. The molecule has 0 saturated heterocycles. The van der Waals surface area contributed by atoms with Crippen LogP contribution in [0.25, 0.3) is 122 Å². The highest BCUT2D eigenvalue weighted by molar-refractivity contribution is 6.15. The van der Waals surface area contributed by atoms with Crippen molar-refractivity contribution in [2.45, 2.75) is 0 Å². The molecule has 0 amide bonds. The van der Waals surface area contributed by atoms with Crippen molar-refractivity contribution in [1.82, 2.24) is 20.2 Å². The molecule has 3 heterocycles. The van der Waals surface area contributed by atoms with Crippen LogP contribution >= 0.6 is 0 Å². The van der Waals surface area contributed by atoms with E-state index in [-0.39, 0.29) is 0 Å². The number of hydrogen-bond donors (Lipinski definition) is 0. The maximum Gasteiger partial charge on any atom is 0.0972 e. The summed E-state index contributed by atoms with van der Waals surface area (Å²) < 4.78 is 0. The van der Waals surface area contributed by atoms with Gasteiger partial charge in [-0.25, -0.2) is 9.97 Å². The molecule has 0 unspecified atom stereocenters. The van der Waals surface area contributed by atoms with Crippen molar-refractivity contribution in [3.63, 3.8) is 0 Å². The van der Waals surface area contributed by atoms with E-state index < -0.39 is 0 Å². The van der Waals surface area contributed by atoms with Crippen LogP contribution in [0.3, 0.4) is 0 Å². The van der Waals surface area contributed by atoms with E-state index >= 15 is 0 Å². The minimum atomic E-state index is 0.813. The Morgan fingerprint density at radius 1 is 0.259 bits per heavy atom. The topological polar surface area (TPSA) is 51.6 Å². The van der Waals surface area contributed by atoms with E-state index in [4.69, 9.17) is 9.97 Å². The van der Waals surface area contributed by atoms with Gasteiger partial charge < -0.3 is 0 Å². The molecule has 0 aliphatic heterocycles. The predicted molar refractivity (Wildman–Crippen MR) is 239 cm³/mol. The molecule has 58 heavy (non-hydrogen) atoms. The van der Waals surface area contributed by atoms with Crippen LogP contribution in [0.2, 0.25) is 0 Å². The van der Waals surface area contributed by atoms with Gasteiger partial charge in [0, 0.05) is 33.0 Å². The second kappa shape index (κ2) is 12.9. The standard InChI is InChI=1S/C54H32N4/c1-2-16-42-33(8-1)9-5-17-44(42)51-29-28-50(57-58-51)41-15-4-14-40(31-41)49-27-24-36-21-20-35-23-26-48(55-53(35)54(36)56-49)39-13-3-12-37(30-39)38-22-25-43-45-18-6-10-34-11-7-19-46(52(34)45)47(43)32-38/h1-32H. The second-order valence-electron chi connectivity index (χ2n) is 15.1. The molecule has 0 atom stereocenters. The van der Waals surface area contributed by atoms with Gasteiger partial charge in [-0.2, -0.15) is 0 Å². The lowest BCUT2D eigenvalue weighted by molar-refractivity contribution is 1.05. The first kappa shape index (κ1) is 32.4. The molecular weight excluding hydrogens is 705 g/mol. The SMILES string of the molecule is c1cc(-c2ccc3c(c2)-c2cccc4cccc-3c24)cc(-c2ccc3ccc4ccc(-c5cccc(-c6ccc(-c7cccc8ccccc78)nn6)c5)nc4c3n2)c1. The molecule has 268 valence electrons. The van der Waals surface area contributed by atoms with Gasteiger partial charge in [0.1, 0.15) is 0 Å². The first-order valence-corrected chi connectivity index (χ1v) is 19.6. The minimum Gasteiger partial charge on any atom is -0.245 e. The van der Waals surface area contributed by atoms with Crippen molar-refractivity contribution in [2.24, 2.45) is 0 Å². The van der Waals surface area contributed by atoms with Crippen molar-refractivity contribution in [2.75, 3.05) is 0 Å². The lowest BCUT2D eigenvalue weighted by Gasteiger charge is -2.11. The molecule has 0 spiro atoms. The van der Waals surface area contributed by atoms with E-state index in [0.717, 1.165) is 72.4 Å². The third-order valence-electron chi connectivity index (χ3n) is 11.7. The molecule has 0 radical (unpaired) electrons. The summed E-state index contributed by atoms with van der Waals surface area (Å²) in [5.41, 5.74) is 16.9. The van der Waals surface area contributed by atoms with Gasteiger partial charge in [-0.15, -0.1) is 10.2 Å². The Balaban J connectivity index is 0.882. The van der Waals surface area contributed by atoms with Crippen LogP contribution in [0, 0.1) is 0 Å². The molecule has 1 aliphatic rings. The third-order valence-corrected chi connectivity index (χ3v) is 11.7. The molecule has 4 heteroatoms. The minimum absolute atomic E-state index is 0.813. The molecular formula is C54H32N4. The molecule has 12 rings (SSSR count). The highest BCUT2D eigenvalue weighted by atomic mass is 15.1. The Morgan fingerprint density at radius 2 is 0.759 bits per heavy atom. The molecule has 11 aromatic rings. The maximum atomic E-state index is 5.29. The highest BCUT2D eigenvalue weighted by Gasteiger charge is 2.21. The quantitative estimate of drug-likeness (QED) is 0.165. The highest BCUT2D eigenvalue weighted by Crippen LogP contribution is 2.48. The summed E-state index contributed by atoms with van der Waals surface area (Å²) in [4.78, 5) is 10.5. The van der Waals surface area contributed by atoms with Crippen molar-refractivity contribution < 1.29 is 0 Å². The average molecular weight is 737 g/mol. The fourth-order valence-electron chi connectivity index (χ4n) is 8.84. The zero-order chi connectivity index (χ0) is 38.2. The van der Waals surface area contributed by atoms with Gasteiger partial charge in [0.25, 0.3) is 0 Å². The van der Waals surface area contributed by atoms with Crippen LogP contribution < -0.4 is 0 Å². The lowest BCUT2D eigenvalue weighted by atomic mass is 9.96. The Morgan fingerprint density at radius 3 is 1.47 bits per heavy atom. The number of nitrogens with zero attached hydrogens (tertiary/aromatic N) is 4. The molecule has 4 nitrogen and oxygen atoms in total. The van der Waals surface area contributed by atoms with Gasteiger partial charge in [-0.1, -0.05) is 152 Å². The molecule has 8 aromatic carbocycles. The first-order valence-electron chi connectivity index (χ1n) is 19.6. The first-order chi connectivity index (χ1) is 28.7. The number of benzene rings is 8. The van der Waals surface area contributed by atoms with Crippen LogP contribution in [0.1, 0.15) is 0 Å². The molecule has 1 aliphatic carbocycles. The summed E-state index contributed by atoms with van der Waals surface area (Å²) in [6.45, 7) is 0. The zero-order valence-electron chi connectivity index (χ0n) is 31.3. The molecule has 3 aromatic heterocycles. The van der Waals surface area contributed by atoms with Gasteiger partial charge in [0.15, 0.2) is 0 Å². The average Bonchev–Trinajstić information content (AvgIpc) is 3.62. The Labute approximate surface area is 334 Å². The number of aromatic nitrogens is 4. The normalized spacial score (nSPS) is 11.8. The van der Waals surface area contributed by atoms with Crippen molar-refractivity contribution in [3.05, 3.63) is 194 Å². The molecule has 0 fully saturated rings. The number of pyridine rings is 2. The van der Waals surface area contributed by atoms with Gasteiger partial charge >= 0.3 is 0 Å². The summed E-state index contributed by atoms with van der Waals surface area (Å²) >= 11 is 0. The van der Waals surface area contributed by atoms with E-state index in [0.29, 0.717) is 0 Å². The Hall–Kier alpha value is -7.82. The van der Waals surface area contributed by atoms with Gasteiger partial charge in [0.05, 0.1) is 33.8 Å². The summed E-state index contributed by atoms with van der Waals surface area (Å²) in [6.07, 6.45) is 0. The van der Waals surface area contributed by atoms with Crippen LogP contribution in [-0.4, -0.2) is 20.2 Å². The van der Waals surface area contributed by atoms with Crippen molar-refractivity contribution in [1.29, 1.82) is 0 Å². The Bertz CT molecular complexity index is 3450. The fourth-order valence-corrected chi connectivity index (χ4v) is 8.84. The van der Waals surface area contributed by atoms with E-state index in [2.05, 4.69) is 204 Å². The monoisotopic (exact) mass is 736 g/mol. The van der Waals surface area contributed by atoms with E-state index in [1.165, 1.54) is 49.4 Å². The lowest BCUT2D eigenvalue weighted by Crippen LogP contribution is -1.93. The summed E-state index contributed by atoms with van der Waals surface area (Å²) in [7, 11) is 0. The Kier molecular flexibility index (Phi) is 7.20. The van der Waals surface area contributed by atoms with Gasteiger partial charge in [-0.3, -0.25) is 0 Å². The number of rotatable bonds is 5. The largest absolute Gasteiger partial charge is 0.245 e. The van der Waals surface area contributed by atoms with Crippen LogP contribution in [0.4, 0.5) is 0 Å². The van der Waals surface area contributed by atoms with Gasteiger partial charge in [0.2, 0.25) is 0 Å². The van der Waals surface area contributed by atoms with E-state index in [1.807, 2.05) is 0 Å². The van der Waals surface area contributed by atoms with E-state index in [1.54, 1.807) is 0 Å².